The van der Waals surface area contributed by atoms with E-state index in [1.165, 1.54) is 11.8 Å². The van der Waals surface area contributed by atoms with Crippen LogP contribution in [0.3, 0.4) is 0 Å². The van der Waals surface area contributed by atoms with Gasteiger partial charge in [-0.3, -0.25) is 33.7 Å². The largest absolute Gasteiger partial charge is 0.508 e. The summed E-state index contributed by atoms with van der Waals surface area (Å²) < 4.78 is 11.5. The SMILES string of the molecule is C=C(C)C(=O)C1CC(NC(C)C(=O)c2csc(C(CC(C(C)C)N(COC(=O)CCC)C(=O)C(CCC)NC(=O)C3CCCCN3C)OC(C)=O)n2)Cc2ccc(O)cc21. The second-order valence-electron chi connectivity index (χ2n) is 16.7. The topological polar surface area (TPSA) is 185 Å². The van der Waals surface area contributed by atoms with Crippen molar-refractivity contribution >= 4 is 46.7 Å². The van der Waals surface area contributed by atoms with Gasteiger partial charge in [-0.2, -0.15) is 0 Å². The Hall–Kier alpha value is -4.47. The van der Waals surface area contributed by atoms with Gasteiger partial charge < -0.3 is 30.1 Å². The second kappa shape index (κ2) is 22.4. The predicted octanol–water partition coefficient (Wildman–Crippen LogP) is 6.17. The number of aromatic nitrogens is 1. The summed E-state index contributed by atoms with van der Waals surface area (Å²) in [7, 11) is 1.91. The number of likely N-dealkylation sites (tertiary alicyclic amines) is 1. The number of aromatic hydroxyl groups is 1. The minimum absolute atomic E-state index is 0.0799. The van der Waals surface area contributed by atoms with Crippen LogP contribution in [0.2, 0.25) is 0 Å². The third-order valence-electron chi connectivity index (χ3n) is 11.5. The van der Waals surface area contributed by atoms with Crippen LogP contribution in [0.4, 0.5) is 0 Å². The molecule has 7 unspecified atom stereocenters. The molecule has 1 saturated heterocycles. The number of fused-ring (bicyclic) bond motifs is 1. The highest BCUT2D eigenvalue weighted by atomic mass is 32.1. The lowest BCUT2D eigenvalue weighted by molar-refractivity contribution is -0.160. The van der Waals surface area contributed by atoms with Crippen molar-refractivity contribution in [3.8, 4) is 5.75 Å². The zero-order chi connectivity index (χ0) is 44.3. The third-order valence-corrected chi connectivity index (χ3v) is 12.4. The average Bonchev–Trinajstić information content (AvgIpc) is 3.69. The number of esters is 2. The molecule has 2 heterocycles. The number of Topliss-reactive ketones (excluding diaryl/α,β-unsaturated/α-hetero) is 2. The molecule has 0 bridgehead atoms. The summed E-state index contributed by atoms with van der Waals surface area (Å²) in [4.78, 5) is 88.7. The van der Waals surface area contributed by atoms with Crippen molar-refractivity contribution in [2.45, 2.75) is 155 Å². The number of allylic oxidation sites excluding steroid dienone is 1. The summed E-state index contributed by atoms with van der Waals surface area (Å²) in [5.41, 5.74) is 2.25. The molecule has 3 N–H and O–H groups in total. The molecule has 2 aliphatic rings. The first-order valence-electron chi connectivity index (χ1n) is 21.4. The van der Waals surface area contributed by atoms with Crippen LogP contribution < -0.4 is 10.6 Å². The Morgan fingerprint density at radius 1 is 1.08 bits per heavy atom. The second-order valence-corrected chi connectivity index (χ2v) is 17.6. The molecular weight excluding hydrogens is 787 g/mol. The Labute approximate surface area is 358 Å². The van der Waals surface area contributed by atoms with Gasteiger partial charge in [0.1, 0.15) is 22.5 Å². The van der Waals surface area contributed by atoms with Crippen LogP contribution in [0.25, 0.3) is 0 Å². The zero-order valence-electron chi connectivity index (χ0n) is 36.6. The summed E-state index contributed by atoms with van der Waals surface area (Å²) in [6, 6.07) is 2.22. The van der Waals surface area contributed by atoms with Gasteiger partial charge in [-0.1, -0.05) is 53.2 Å². The van der Waals surface area contributed by atoms with Gasteiger partial charge in [0.25, 0.3) is 0 Å². The van der Waals surface area contributed by atoms with E-state index in [1.807, 2.05) is 39.6 Å². The number of ether oxygens (including phenoxy) is 2. The van der Waals surface area contributed by atoms with Crippen molar-refractivity contribution in [3.05, 3.63) is 57.6 Å². The number of hydrogen-bond acceptors (Lipinski definition) is 13. The van der Waals surface area contributed by atoms with Gasteiger partial charge in [-0.05, 0) is 101 Å². The van der Waals surface area contributed by atoms with Crippen molar-refractivity contribution in [2.75, 3.05) is 20.3 Å². The molecule has 15 heteroatoms. The molecule has 1 aromatic carbocycles. The minimum Gasteiger partial charge on any atom is -0.508 e. The van der Waals surface area contributed by atoms with E-state index < -0.39 is 48.0 Å². The number of nitrogens with zero attached hydrogens (tertiary/aromatic N) is 3. The van der Waals surface area contributed by atoms with Gasteiger partial charge in [0, 0.05) is 43.1 Å². The molecule has 7 atom stereocenters. The fourth-order valence-electron chi connectivity index (χ4n) is 8.26. The Morgan fingerprint density at radius 2 is 1.82 bits per heavy atom. The van der Waals surface area contributed by atoms with Crippen molar-refractivity contribution in [1.82, 2.24) is 25.4 Å². The summed E-state index contributed by atoms with van der Waals surface area (Å²) in [5.74, 6) is -2.74. The number of carbonyl (C=O) groups is 6. The van der Waals surface area contributed by atoms with Gasteiger partial charge in [-0.15, -0.1) is 11.3 Å². The molecule has 1 aliphatic carbocycles. The maximum atomic E-state index is 14.6. The van der Waals surface area contributed by atoms with Gasteiger partial charge in [0.15, 0.2) is 24.4 Å². The molecule has 60 heavy (non-hydrogen) atoms. The van der Waals surface area contributed by atoms with Crippen molar-refractivity contribution in [1.29, 1.82) is 0 Å². The highest BCUT2D eigenvalue weighted by Crippen LogP contribution is 2.37. The summed E-state index contributed by atoms with van der Waals surface area (Å²) >= 11 is 1.16. The lowest BCUT2D eigenvalue weighted by Gasteiger charge is -2.38. The van der Waals surface area contributed by atoms with Gasteiger partial charge in [0.05, 0.1) is 12.1 Å². The molecule has 1 aliphatic heterocycles. The van der Waals surface area contributed by atoms with Gasteiger partial charge >= 0.3 is 11.9 Å². The number of thiazole rings is 1. The average molecular weight is 852 g/mol. The van der Waals surface area contributed by atoms with Crippen LogP contribution in [0.5, 0.6) is 5.75 Å². The highest BCUT2D eigenvalue weighted by Gasteiger charge is 2.38. The Kier molecular flexibility index (Phi) is 18.0. The van der Waals surface area contributed by atoms with Gasteiger partial charge in [-0.25, -0.2) is 4.98 Å². The van der Waals surface area contributed by atoms with E-state index in [1.54, 1.807) is 37.4 Å². The Balaban J connectivity index is 1.58. The normalized spacial score (nSPS) is 19.9. The number of benzene rings is 1. The van der Waals surface area contributed by atoms with Crippen LogP contribution in [0.15, 0.2) is 35.7 Å². The number of likely N-dealkylation sites (N-methyl/N-ethyl adjacent to an activating group) is 1. The quantitative estimate of drug-likeness (QED) is 0.0563. The highest BCUT2D eigenvalue weighted by molar-refractivity contribution is 7.09. The smallest absolute Gasteiger partial charge is 0.307 e. The zero-order valence-corrected chi connectivity index (χ0v) is 37.4. The first-order chi connectivity index (χ1) is 28.4. The van der Waals surface area contributed by atoms with Crippen LogP contribution in [0, 0.1) is 5.92 Å². The Morgan fingerprint density at radius 3 is 2.45 bits per heavy atom. The number of hydrogen-bond donors (Lipinski definition) is 3. The van der Waals surface area contributed by atoms with Crippen LogP contribution >= 0.6 is 11.3 Å². The van der Waals surface area contributed by atoms with E-state index in [2.05, 4.69) is 22.2 Å². The van der Waals surface area contributed by atoms with E-state index in [9.17, 15) is 33.9 Å². The number of nitrogens with one attached hydrogen (secondary N) is 2. The number of ketones is 2. The standard InChI is InChI=1S/C45H65N5O9S/c1-10-14-35(47-43(56)37-16-12-13-19-49(37)9)45(57)50(25-58-40(53)15-11-2)38(26(3)4)23-39(59-29(8)51)44-48-36(24-60-44)42(55)28(7)46-31-20-30-17-18-32(52)22-33(30)34(21-31)41(54)27(5)6/h17-18,22,24,26,28,31,34-35,37-39,46,52H,5,10-16,19-21,23,25H2,1-4,6-9H3,(H,47,56). The predicted molar refractivity (Wildman–Crippen MR) is 229 cm³/mol. The van der Waals surface area contributed by atoms with E-state index in [0.29, 0.717) is 49.1 Å². The molecule has 1 fully saturated rings. The van der Waals surface area contributed by atoms with Crippen LogP contribution in [-0.2, 0) is 39.9 Å². The summed E-state index contributed by atoms with van der Waals surface area (Å²) in [6.07, 6.45) is 4.40. The van der Waals surface area contributed by atoms with E-state index >= 15 is 0 Å². The Bertz CT molecular complexity index is 1860. The summed E-state index contributed by atoms with van der Waals surface area (Å²) in [5, 5.41) is 18.5. The van der Waals surface area contributed by atoms with Crippen molar-refractivity contribution in [2.24, 2.45) is 5.92 Å². The fraction of sp³-hybridized carbons (Fsp3) is 0.622. The molecule has 0 saturated carbocycles. The van der Waals surface area contributed by atoms with Crippen molar-refractivity contribution in [3.63, 3.8) is 0 Å². The maximum Gasteiger partial charge on any atom is 0.307 e. The lowest BCUT2D eigenvalue weighted by atomic mass is 9.76. The number of rotatable bonds is 21. The molecule has 0 spiro atoms. The number of piperidine rings is 1. The minimum atomic E-state index is -0.957. The number of phenols is 1. The van der Waals surface area contributed by atoms with E-state index in [0.717, 1.165) is 41.9 Å². The fourth-order valence-corrected chi connectivity index (χ4v) is 9.11. The molecule has 330 valence electrons. The third kappa shape index (κ3) is 12.8. The molecule has 1 aromatic heterocycles. The molecule has 2 aromatic rings. The summed E-state index contributed by atoms with van der Waals surface area (Å²) in [6.45, 7) is 16.6. The molecule has 2 amide bonds. The first kappa shape index (κ1) is 48.2. The first-order valence-corrected chi connectivity index (χ1v) is 22.2. The molecule has 14 nitrogen and oxygen atoms in total. The maximum absolute atomic E-state index is 14.6. The lowest BCUT2D eigenvalue weighted by Crippen LogP contribution is -2.57. The number of amides is 2. The number of phenolic OH excluding ortho intramolecular Hbond substituents is 1. The monoisotopic (exact) mass is 851 g/mol. The van der Waals surface area contributed by atoms with E-state index in [-0.39, 0.29) is 66.5 Å². The number of carbonyl (C=O) groups excluding carboxylic acids is 6. The van der Waals surface area contributed by atoms with E-state index in [4.69, 9.17) is 9.47 Å². The molecule has 0 radical (unpaired) electrons. The molecule has 4 rings (SSSR count). The van der Waals surface area contributed by atoms with Crippen LogP contribution in [0.1, 0.15) is 145 Å². The van der Waals surface area contributed by atoms with Crippen molar-refractivity contribution < 1.29 is 43.3 Å². The van der Waals surface area contributed by atoms with Crippen LogP contribution in [-0.4, -0.2) is 106 Å². The van der Waals surface area contributed by atoms with Gasteiger partial charge in [0.2, 0.25) is 11.8 Å². The molecular formula is C45H65N5O9S.